The molecule has 4 N–H and O–H groups in total. The van der Waals surface area contributed by atoms with Gasteiger partial charge in [0.1, 0.15) is 17.6 Å². The first-order valence-electron chi connectivity index (χ1n) is 16.5. The van der Waals surface area contributed by atoms with Crippen LogP contribution in [0.2, 0.25) is 0 Å². The number of aromatic nitrogens is 1. The molecule has 1 saturated carbocycles. The summed E-state index contributed by atoms with van der Waals surface area (Å²) in [4.78, 5) is 45.1. The van der Waals surface area contributed by atoms with Crippen molar-refractivity contribution in [1.29, 1.82) is 0 Å². The fraction of sp³-hybridized carbons (Fsp3) is 0.429. The van der Waals surface area contributed by atoms with Crippen LogP contribution in [0.5, 0.6) is 0 Å². The van der Waals surface area contributed by atoms with Crippen molar-refractivity contribution in [1.82, 2.24) is 25.2 Å². The van der Waals surface area contributed by atoms with E-state index >= 15 is 0 Å². The van der Waals surface area contributed by atoms with Gasteiger partial charge in [-0.25, -0.2) is 22.5 Å². The Labute approximate surface area is 284 Å². The molecule has 3 atom stereocenters. The zero-order valence-corrected chi connectivity index (χ0v) is 27.9. The topological polar surface area (TPSA) is 167 Å². The van der Waals surface area contributed by atoms with Crippen molar-refractivity contribution >= 4 is 44.7 Å². The number of carbonyl (C=O) groups excluding carboxylic acids is 3. The number of allylic oxidation sites excluding steroid dienone is 1. The number of aliphatic hydroxyl groups is 1. The van der Waals surface area contributed by atoms with E-state index in [0.717, 1.165) is 12.8 Å². The molecule has 3 amide bonds. The molecule has 0 unspecified atom stereocenters. The summed E-state index contributed by atoms with van der Waals surface area (Å²) in [5.41, 5.74) is 1.82. The molecule has 0 radical (unpaired) electrons. The van der Waals surface area contributed by atoms with E-state index in [0.29, 0.717) is 54.0 Å². The van der Waals surface area contributed by atoms with E-state index < -0.39 is 58.3 Å². The van der Waals surface area contributed by atoms with Gasteiger partial charge in [0.05, 0.1) is 29.1 Å². The first-order valence-corrected chi connectivity index (χ1v) is 18.0. The summed E-state index contributed by atoms with van der Waals surface area (Å²) in [6, 6.07) is 10.1. The Kier molecular flexibility index (Phi) is 10.4. The van der Waals surface area contributed by atoms with E-state index in [1.807, 2.05) is 12.2 Å². The molecule has 3 aliphatic rings. The fourth-order valence-electron chi connectivity index (χ4n) is 6.19. The number of β-amino-alcohol motifs (C(OH)–C–C–N with tert-alkyl or cyclic N) is 1. The average molecular weight is 694 g/mol. The van der Waals surface area contributed by atoms with Gasteiger partial charge in [0.25, 0.3) is 5.91 Å². The number of pyridine rings is 1. The smallest absolute Gasteiger partial charge is 0.270 e. The van der Waals surface area contributed by atoms with Crippen LogP contribution < -0.4 is 15.4 Å². The van der Waals surface area contributed by atoms with E-state index in [4.69, 9.17) is 4.74 Å². The minimum Gasteiger partial charge on any atom is -0.391 e. The van der Waals surface area contributed by atoms with Crippen molar-refractivity contribution in [3.63, 3.8) is 0 Å². The highest BCUT2D eigenvalue weighted by Crippen LogP contribution is 2.32. The predicted molar refractivity (Wildman–Crippen MR) is 179 cm³/mol. The Morgan fingerprint density at radius 1 is 1.08 bits per heavy atom. The number of hydrogen-bond acceptors (Lipinski definition) is 8. The molecule has 1 aromatic heterocycles. The van der Waals surface area contributed by atoms with Crippen LogP contribution in [0, 0.1) is 11.7 Å². The van der Waals surface area contributed by atoms with Crippen LogP contribution >= 0.6 is 0 Å². The van der Waals surface area contributed by atoms with E-state index in [1.165, 1.54) is 35.2 Å². The number of fused-ring (bicyclic) bond motifs is 1. The van der Waals surface area contributed by atoms with E-state index in [1.54, 1.807) is 25.1 Å². The number of nitrogens with one attached hydrogen (secondary N) is 3. The summed E-state index contributed by atoms with van der Waals surface area (Å²) in [6.45, 7) is 2.27. The van der Waals surface area contributed by atoms with Crippen LogP contribution in [0.15, 0.2) is 59.5 Å². The molecular weight excluding hydrogens is 653 g/mol. The molecule has 2 saturated heterocycles. The van der Waals surface area contributed by atoms with Crippen LogP contribution in [0.3, 0.4) is 0 Å². The number of sulfonamides is 1. The molecule has 260 valence electrons. The van der Waals surface area contributed by atoms with Crippen LogP contribution in [0.4, 0.5) is 4.39 Å². The molecular formula is C35H40FN5O7S. The minimum absolute atomic E-state index is 0.0184. The molecule has 6 rings (SSSR count). The minimum atomic E-state index is -3.79. The van der Waals surface area contributed by atoms with Crippen LogP contribution in [0.1, 0.15) is 66.7 Å². The number of benzene rings is 2. The molecule has 1 aliphatic carbocycles. The van der Waals surface area contributed by atoms with Gasteiger partial charge in [-0.05, 0) is 86.1 Å². The highest BCUT2D eigenvalue weighted by molar-refractivity contribution is 7.89. The summed E-state index contributed by atoms with van der Waals surface area (Å²) >= 11 is 0. The number of carbonyl (C=O) groups is 3. The number of amides is 3. The maximum Gasteiger partial charge on any atom is 0.270 e. The normalized spacial score (nSPS) is 20.8. The Hall–Kier alpha value is -4.24. The van der Waals surface area contributed by atoms with Gasteiger partial charge in [0.2, 0.25) is 21.8 Å². The van der Waals surface area contributed by atoms with Gasteiger partial charge in [-0.15, -0.1) is 0 Å². The van der Waals surface area contributed by atoms with Gasteiger partial charge in [0, 0.05) is 37.6 Å². The second-order valence-electron chi connectivity index (χ2n) is 12.9. The second kappa shape index (κ2) is 14.7. The number of ether oxygens (including phenoxy) is 1. The maximum atomic E-state index is 13.6. The van der Waals surface area contributed by atoms with Gasteiger partial charge in [0.15, 0.2) is 0 Å². The summed E-state index contributed by atoms with van der Waals surface area (Å²) in [7, 11) is -3.79. The van der Waals surface area contributed by atoms with Crippen LogP contribution in [-0.4, -0.2) is 85.6 Å². The molecule has 49 heavy (non-hydrogen) atoms. The van der Waals surface area contributed by atoms with Gasteiger partial charge in [-0.3, -0.25) is 14.4 Å². The first kappa shape index (κ1) is 34.6. The lowest BCUT2D eigenvalue weighted by Crippen LogP contribution is -2.49. The molecule has 3 aromatic rings. The zero-order valence-electron chi connectivity index (χ0n) is 27.1. The summed E-state index contributed by atoms with van der Waals surface area (Å²) in [5.74, 6) is -1.65. The highest BCUT2D eigenvalue weighted by atomic mass is 32.2. The van der Waals surface area contributed by atoms with Crippen molar-refractivity contribution in [3.8, 4) is 0 Å². The summed E-state index contributed by atoms with van der Waals surface area (Å²) in [5, 5.41) is 16.4. The molecule has 12 nitrogen and oxygen atoms in total. The van der Waals surface area contributed by atoms with Crippen LogP contribution in [0.25, 0.3) is 17.0 Å². The third-order valence-corrected chi connectivity index (χ3v) is 10.6. The summed E-state index contributed by atoms with van der Waals surface area (Å²) < 4.78 is 48.1. The highest BCUT2D eigenvalue weighted by Gasteiger charge is 2.39. The number of rotatable bonds is 11. The lowest BCUT2D eigenvalue weighted by molar-refractivity contribution is -0.138. The van der Waals surface area contributed by atoms with Crippen LogP contribution in [-0.2, 0) is 24.3 Å². The maximum absolute atomic E-state index is 13.6. The van der Waals surface area contributed by atoms with E-state index in [9.17, 15) is 32.3 Å². The Morgan fingerprint density at radius 3 is 2.61 bits per heavy atom. The Balaban J connectivity index is 1.12. The predicted octanol–water partition coefficient (Wildman–Crippen LogP) is 2.82. The van der Waals surface area contributed by atoms with Gasteiger partial charge >= 0.3 is 0 Å². The van der Waals surface area contributed by atoms with Crippen molar-refractivity contribution < 1.29 is 37.0 Å². The SMILES string of the molecule is C[C@@H](NC(=O)[C@@H]1C[C@@H](O)CN1C(=O)CNC(=O)c1ccc2cc(F)ccc2n1)c1ccc(S(=O)(=O)NC2CCOCC2)cc1/C=C/C1CC1. The number of nitrogens with zero attached hydrogens (tertiary/aromatic N) is 2. The standard InChI is InChI=1S/C35H40FN5O7S/c1-21(29-9-8-28(17-23(29)5-4-22-2-3-22)49(46,47)40-26-12-14-48-15-13-26)38-35(45)32-18-27(42)20-41(32)33(43)19-37-34(44)31-10-6-24-16-25(36)7-11-30(24)39-31/h4-11,16-17,21-22,26-27,32,40,42H,2-3,12-15,18-20H2,1H3,(H,37,44)(H,38,45)/b5-4+/t21-,27-,32+/m1/s1. The molecule has 3 fully saturated rings. The number of aliphatic hydroxyl groups excluding tert-OH is 1. The largest absolute Gasteiger partial charge is 0.391 e. The van der Waals surface area contributed by atoms with Gasteiger partial charge < -0.3 is 25.4 Å². The quantitative estimate of drug-likeness (QED) is 0.238. The summed E-state index contributed by atoms with van der Waals surface area (Å²) in [6.07, 6.45) is 6.35. The Morgan fingerprint density at radius 2 is 1.86 bits per heavy atom. The molecule has 0 spiro atoms. The fourth-order valence-corrected chi connectivity index (χ4v) is 7.53. The third kappa shape index (κ3) is 8.50. The molecule has 0 bridgehead atoms. The van der Waals surface area contributed by atoms with E-state index in [2.05, 4.69) is 20.3 Å². The van der Waals surface area contributed by atoms with Gasteiger partial charge in [-0.2, -0.15) is 0 Å². The molecule has 2 aromatic carbocycles. The second-order valence-corrected chi connectivity index (χ2v) is 14.6. The van der Waals surface area contributed by atoms with Crippen molar-refractivity contribution in [2.24, 2.45) is 5.92 Å². The van der Waals surface area contributed by atoms with E-state index in [-0.39, 0.29) is 29.6 Å². The molecule has 2 aliphatic heterocycles. The number of likely N-dealkylation sites (tertiary alicyclic amines) is 1. The monoisotopic (exact) mass is 693 g/mol. The first-order chi connectivity index (χ1) is 23.5. The lowest BCUT2D eigenvalue weighted by Gasteiger charge is -2.26. The van der Waals surface area contributed by atoms with Crippen molar-refractivity contribution in [3.05, 3.63) is 77.2 Å². The zero-order chi connectivity index (χ0) is 34.7. The average Bonchev–Trinajstić information content (AvgIpc) is 3.84. The molecule has 14 heteroatoms. The van der Waals surface area contributed by atoms with Crippen molar-refractivity contribution in [2.45, 2.75) is 68.2 Å². The van der Waals surface area contributed by atoms with Crippen molar-refractivity contribution in [2.75, 3.05) is 26.3 Å². The third-order valence-electron chi connectivity index (χ3n) is 9.09. The molecule has 3 heterocycles. The lowest BCUT2D eigenvalue weighted by atomic mass is 10.00. The Bertz CT molecular complexity index is 1880. The number of hydrogen-bond donors (Lipinski definition) is 4. The number of halogens is 1. The van der Waals surface area contributed by atoms with Gasteiger partial charge in [-0.1, -0.05) is 24.3 Å².